The van der Waals surface area contributed by atoms with Crippen molar-refractivity contribution < 1.29 is 4.42 Å². The van der Waals surface area contributed by atoms with E-state index in [2.05, 4.69) is 41.5 Å². The summed E-state index contributed by atoms with van der Waals surface area (Å²) in [6.45, 7) is 4.08. The van der Waals surface area contributed by atoms with Crippen molar-refractivity contribution in [1.29, 1.82) is 0 Å². The van der Waals surface area contributed by atoms with Gasteiger partial charge in [-0.15, -0.1) is 24.0 Å². The molecule has 138 valence electrons. The van der Waals surface area contributed by atoms with E-state index in [1.807, 2.05) is 19.2 Å². The fourth-order valence-corrected chi connectivity index (χ4v) is 3.48. The van der Waals surface area contributed by atoms with E-state index < -0.39 is 0 Å². The van der Waals surface area contributed by atoms with Crippen LogP contribution in [0.15, 0.2) is 27.8 Å². The second-order valence-corrected chi connectivity index (χ2v) is 6.86. The highest BCUT2D eigenvalue weighted by atomic mass is 127. The Morgan fingerprint density at radius 3 is 2.54 bits per heavy atom. The Labute approximate surface area is 163 Å². The van der Waals surface area contributed by atoms with Gasteiger partial charge < -0.3 is 15.1 Å². The lowest BCUT2D eigenvalue weighted by Gasteiger charge is -2.29. The van der Waals surface area contributed by atoms with Crippen molar-refractivity contribution in [3.8, 4) is 0 Å². The molecule has 1 heterocycles. The van der Waals surface area contributed by atoms with Gasteiger partial charge in [0.15, 0.2) is 5.96 Å². The number of guanidine groups is 1. The molecule has 1 unspecified atom stereocenters. The SMILES string of the molecule is CCC1(CNC(=NC)NCC(c2ccco2)N(C)C)CCCC1.I. The molecule has 1 aromatic rings. The smallest absolute Gasteiger partial charge is 0.191 e. The van der Waals surface area contributed by atoms with Gasteiger partial charge >= 0.3 is 0 Å². The summed E-state index contributed by atoms with van der Waals surface area (Å²) in [6.07, 6.45) is 8.36. The second kappa shape index (κ2) is 10.3. The lowest BCUT2D eigenvalue weighted by atomic mass is 9.83. The number of likely N-dealkylation sites (N-methyl/N-ethyl adjacent to an activating group) is 1. The lowest BCUT2D eigenvalue weighted by Crippen LogP contribution is -2.45. The highest BCUT2D eigenvalue weighted by Gasteiger charge is 2.32. The number of nitrogens with one attached hydrogen (secondary N) is 2. The quantitative estimate of drug-likeness (QED) is 0.380. The molecule has 0 radical (unpaired) electrons. The molecule has 2 rings (SSSR count). The Hall–Kier alpha value is -0.760. The Morgan fingerprint density at radius 2 is 2.04 bits per heavy atom. The summed E-state index contributed by atoms with van der Waals surface area (Å²) in [6, 6.07) is 4.15. The molecule has 0 aromatic carbocycles. The van der Waals surface area contributed by atoms with Crippen molar-refractivity contribution >= 4 is 29.9 Å². The summed E-state index contributed by atoms with van der Waals surface area (Å²) in [7, 11) is 5.96. The van der Waals surface area contributed by atoms with Crippen molar-refractivity contribution in [2.75, 3.05) is 34.2 Å². The molecule has 5 nitrogen and oxygen atoms in total. The third-order valence-electron chi connectivity index (χ3n) is 5.23. The van der Waals surface area contributed by atoms with Crippen LogP contribution in [-0.2, 0) is 0 Å². The van der Waals surface area contributed by atoms with E-state index in [0.717, 1.165) is 24.8 Å². The first kappa shape index (κ1) is 21.3. The van der Waals surface area contributed by atoms with Crippen LogP contribution in [0.2, 0.25) is 0 Å². The molecule has 6 heteroatoms. The fourth-order valence-electron chi connectivity index (χ4n) is 3.48. The van der Waals surface area contributed by atoms with Crippen LogP contribution in [0.1, 0.15) is 50.8 Å². The number of halogens is 1. The number of furan rings is 1. The molecule has 1 fully saturated rings. The van der Waals surface area contributed by atoms with E-state index in [0.29, 0.717) is 5.41 Å². The van der Waals surface area contributed by atoms with Crippen molar-refractivity contribution in [3.05, 3.63) is 24.2 Å². The Balaban J connectivity index is 0.00000288. The zero-order valence-electron chi connectivity index (χ0n) is 15.5. The van der Waals surface area contributed by atoms with Crippen LogP contribution >= 0.6 is 24.0 Å². The lowest BCUT2D eigenvalue weighted by molar-refractivity contribution is 0.256. The first-order valence-electron chi connectivity index (χ1n) is 8.74. The summed E-state index contributed by atoms with van der Waals surface area (Å²) in [5, 5.41) is 6.97. The molecule has 1 aliphatic rings. The molecule has 1 atom stereocenters. The van der Waals surface area contributed by atoms with Crippen LogP contribution in [0.3, 0.4) is 0 Å². The first-order chi connectivity index (χ1) is 11.1. The van der Waals surface area contributed by atoms with Crippen LogP contribution < -0.4 is 10.6 Å². The Bertz CT molecular complexity index is 481. The molecule has 0 amide bonds. The number of hydrogen-bond acceptors (Lipinski definition) is 3. The van der Waals surface area contributed by atoms with Gasteiger partial charge in [-0.1, -0.05) is 19.8 Å². The molecular weight excluding hydrogens is 415 g/mol. The fraction of sp³-hybridized carbons (Fsp3) is 0.722. The first-order valence-corrected chi connectivity index (χ1v) is 8.74. The highest BCUT2D eigenvalue weighted by Crippen LogP contribution is 2.40. The summed E-state index contributed by atoms with van der Waals surface area (Å²) >= 11 is 0. The molecule has 2 N–H and O–H groups in total. The van der Waals surface area contributed by atoms with Gasteiger partial charge in [-0.25, -0.2) is 0 Å². The number of rotatable bonds is 7. The minimum absolute atomic E-state index is 0. The van der Waals surface area contributed by atoms with Crippen LogP contribution in [0, 0.1) is 5.41 Å². The second-order valence-electron chi connectivity index (χ2n) is 6.86. The maximum absolute atomic E-state index is 5.56. The predicted molar refractivity (Wildman–Crippen MR) is 111 cm³/mol. The largest absolute Gasteiger partial charge is 0.468 e. The van der Waals surface area contributed by atoms with Gasteiger partial charge in [0, 0.05) is 20.1 Å². The maximum atomic E-state index is 5.56. The van der Waals surface area contributed by atoms with Crippen LogP contribution in [0.4, 0.5) is 0 Å². The van der Waals surface area contributed by atoms with E-state index in [1.54, 1.807) is 6.26 Å². The molecular formula is C18H33IN4O. The van der Waals surface area contributed by atoms with Gasteiger partial charge in [-0.3, -0.25) is 9.89 Å². The third kappa shape index (κ3) is 5.65. The van der Waals surface area contributed by atoms with Gasteiger partial charge in [-0.2, -0.15) is 0 Å². The molecule has 0 spiro atoms. The zero-order valence-corrected chi connectivity index (χ0v) is 17.8. The standard InChI is InChI=1S/C18H32N4O.HI/c1-5-18(10-6-7-11-18)14-21-17(19-2)20-13-15(22(3)4)16-9-8-12-23-16;/h8-9,12,15H,5-7,10-11,13-14H2,1-4H3,(H2,19,20,21);1H. The molecule has 0 bridgehead atoms. The number of nitrogens with zero attached hydrogens (tertiary/aromatic N) is 2. The summed E-state index contributed by atoms with van der Waals surface area (Å²) < 4.78 is 5.56. The molecule has 1 aromatic heterocycles. The maximum Gasteiger partial charge on any atom is 0.191 e. The monoisotopic (exact) mass is 448 g/mol. The number of aliphatic imine (C=N–C) groups is 1. The minimum Gasteiger partial charge on any atom is -0.468 e. The van der Waals surface area contributed by atoms with E-state index in [4.69, 9.17) is 4.42 Å². The predicted octanol–water partition coefficient (Wildman–Crippen LogP) is 3.64. The topological polar surface area (TPSA) is 52.8 Å². The Kier molecular flexibility index (Phi) is 9.12. The minimum atomic E-state index is 0. The molecule has 24 heavy (non-hydrogen) atoms. The van der Waals surface area contributed by atoms with Crippen LogP contribution in [-0.4, -0.2) is 45.1 Å². The molecule has 0 saturated heterocycles. The van der Waals surface area contributed by atoms with Crippen LogP contribution in [0.5, 0.6) is 0 Å². The van der Waals surface area contributed by atoms with E-state index >= 15 is 0 Å². The van der Waals surface area contributed by atoms with Gasteiger partial charge in [0.1, 0.15) is 5.76 Å². The average Bonchev–Trinajstić information content (AvgIpc) is 3.22. The van der Waals surface area contributed by atoms with E-state index in [1.165, 1.54) is 32.1 Å². The van der Waals surface area contributed by atoms with E-state index in [9.17, 15) is 0 Å². The zero-order chi connectivity index (χ0) is 16.7. The molecule has 1 aliphatic carbocycles. The van der Waals surface area contributed by atoms with Crippen molar-refractivity contribution in [2.24, 2.45) is 10.4 Å². The van der Waals surface area contributed by atoms with Crippen molar-refractivity contribution in [3.63, 3.8) is 0 Å². The van der Waals surface area contributed by atoms with Crippen molar-refractivity contribution in [2.45, 2.75) is 45.1 Å². The van der Waals surface area contributed by atoms with E-state index in [-0.39, 0.29) is 30.0 Å². The summed E-state index contributed by atoms with van der Waals surface area (Å²) in [5.74, 6) is 1.85. The van der Waals surface area contributed by atoms with Gasteiger partial charge in [-0.05, 0) is 50.9 Å². The van der Waals surface area contributed by atoms with Gasteiger partial charge in [0.25, 0.3) is 0 Å². The molecule has 1 saturated carbocycles. The number of hydrogen-bond donors (Lipinski definition) is 2. The summed E-state index contributed by atoms with van der Waals surface area (Å²) in [4.78, 5) is 6.53. The van der Waals surface area contributed by atoms with Crippen LogP contribution in [0.25, 0.3) is 0 Å². The van der Waals surface area contributed by atoms with Gasteiger partial charge in [0.05, 0.1) is 12.3 Å². The van der Waals surface area contributed by atoms with Crippen molar-refractivity contribution in [1.82, 2.24) is 15.5 Å². The third-order valence-corrected chi connectivity index (χ3v) is 5.23. The normalized spacial score (nSPS) is 18.3. The van der Waals surface area contributed by atoms with Gasteiger partial charge in [0.2, 0.25) is 0 Å². The highest BCUT2D eigenvalue weighted by molar-refractivity contribution is 14.0. The molecule has 0 aliphatic heterocycles. The average molecular weight is 448 g/mol. The summed E-state index contributed by atoms with van der Waals surface area (Å²) in [5.41, 5.74) is 0.458. The Morgan fingerprint density at radius 1 is 1.33 bits per heavy atom.